The summed E-state index contributed by atoms with van der Waals surface area (Å²) in [6, 6.07) is 0.918. The van der Waals surface area contributed by atoms with Gasteiger partial charge in [0.15, 0.2) is 0 Å². The highest BCUT2D eigenvalue weighted by atomic mass is 16.2. The molecule has 16 heavy (non-hydrogen) atoms. The number of amides is 1. The molecule has 0 radical (unpaired) electrons. The van der Waals surface area contributed by atoms with Crippen LogP contribution in [-0.4, -0.2) is 28.9 Å². The van der Waals surface area contributed by atoms with Crippen molar-refractivity contribution >= 4 is 5.91 Å². The van der Waals surface area contributed by atoms with Crippen LogP contribution in [0.4, 0.5) is 0 Å². The minimum atomic E-state index is 0.1000. The molecule has 1 heterocycles. The van der Waals surface area contributed by atoms with Gasteiger partial charge in [-0.1, -0.05) is 6.42 Å². The van der Waals surface area contributed by atoms with Crippen LogP contribution in [0.15, 0.2) is 0 Å². The molecule has 0 aromatic carbocycles. The Kier molecular flexibility index (Phi) is 3.53. The van der Waals surface area contributed by atoms with Gasteiger partial charge < -0.3 is 10.6 Å². The van der Waals surface area contributed by atoms with Gasteiger partial charge in [0, 0.05) is 18.1 Å². The van der Waals surface area contributed by atoms with Crippen LogP contribution in [0.5, 0.6) is 0 Å². The first-order chi connectivity index (χ1) is 7.61. The summed E-state index contributed by atoms with van der Waals surface area (Å²) in [5.74, 6) is 0.424. The minimum Gasteiger partial charge on any atom is -0.337 e. The molecule has 2 unspecified atom stereocenters. The van der Waals surface area contributed by atoms with E-state index in [4.69, 9.17) is 5.73 Å². The average molecular weight is 224 g/mol. The van der Waals surface area contributed by atoms with E-state index < -0.39 is 0 Å². The number of hydrogen-bond donors (Lipinski definition) is 1. The highest BCUT2D eigenvalue weighted by Crippen LogP contribution is 2.30. The van der Waals surface area contributed by atoms with Crippen LogP contribution in [0, 0.1) is 5.92 Å². The standard InChI is InChI=1S/C13H24N2O/c1-9-5-3-6-10(2)15(9)13(16)11-7-4-8-12(11)14/h9-12H,3-8,14H2,1-2H3/t9-,10+,11?,12?. The van der Waals surface area contributed by atoms with Crippen LogP contribution in [0.2, 0.25) is 0 Å². The number of nitrogens with two attached hydrogens (primary N) is 1. The van der Waals surface area contributed by atoms with Gasteiger partial charge in [-0.25, -0.2) is 0 Å². The Morgan fingerprint density at radius 1 is 1.06 bits per heavy atom. The maximum atomic E-state index is 12.5. The van der Waals surface area contributed by atoms with Gasteiger partial charge in [0.1, 0.15) is 0 Å². The van der Waals surface area contributed by atoms with Crippen molar-refractivity contribution in [3.05, 3.63) is 0 Å². The summed E-state index contributed by atoms with van der Waals surface area (Å²) in [6.45, 7) is 4.35. The van der Waals surface area contributed by atoms with Crippen molar-refractivity contribution in [3.8, 4) is 0 Å². The van der Waals surface area contributed by atoms with Crippen molar-refractivity contribution in [1.29, 1.82) is 0 Å². The second-order valence-electron chi connectivity index (χ2n) is 5.58. The molecule has 0 aromatic rings. The molecule has 92 valence electrons. The second kappa shape index (κ2) is 4.74. The normalized spacial score (nSPS) is 40.1. The van der Waals surface area contributed by atoms with Crippen molar-refractivity contribution in [1.82, 2.24) is 4.90 Å². The average Bonchev–Trinajstić information content (AvgIpc) is 2.64. The topological polar surface area (TPSA) is 46.3 Å². The van der Waals surface area contributed by atoms with Gasteiger partial charge in [0.2, 0.25) is 5.91 Å². The number of nitrogens with zero attached hydrogens (tertiary/aromatic N) is 1. The zero-order valence-corrected chi connectivity index (χ0v) is 10.5. The van der Waals surface area contributed by atoms with Crippen LogP contribution in [0.25, 0.3) is 0 Å². The molecule has 0 spiro atoms. The van der Waals surface area contributed by atoms with E-state index in [0.717, 1.165) is 32.1 Å². The molecule has 1 saturated heterocycles. The van der Waals surface area contributed by atoms with E-state index >= 15 is 0 Å². The number of carbonyl (C=O) groups is 1. The number of hydrogen-bond acceptors (Lipinski definition) is 2. The lowest BCUT2D eigenvalue weighted by molar-refractivity contribution is -0.141. The van der Waals surface area contributed by atoms with E-state index in [0.29, 0.717) is 18.0 Å². The van der Waals surface area contributed by atoms with Crippen LogP contribution in [0.3, 0.4) is 0 Å². The lowest BCUT2D eigenvalue weighted by Crippen LogP contribution is -2.51. The number of carbonyl (C=O) groups excluding carboxylic acids is 1. The summed E-state index contributed by atoms with van der Waals surface area (Å²) in [4.78, 5) is 14.6. The first kappa shape index (κ1) is 11.9. The summed E-state index contributed by atoms with van der Waals surface area (Å²) in [5, 5.41) is 0. The van der Waals surface area contributed by atoms with E-state index in [9.17, 15) is 4.79 Å². The zero-order valence-electron chi connectivity index (χ0n) is 10.5. The smallest absolute Gasteiger partial charge is 0.227 e. The van der Waals surface area contributed by atoms with Crippen LogP contribution >= 0.6 is 0 Å². The van der Waals surface area contributed by atoms with Crippen LogP contribution in [-0.2, 0) is 4.79 Å². The number of rotatable bonds is 1. The fourth-order valence-corrected chi connectivity index (χ4v) is 3.34. The summed E-state index contributed by atoms with van der Waals surface area (Å²) < 4.78 is 0. The van der Waals surface area contributed by atoms with Gasteiger partial charge in [-0.15, -0.1) is 0 Å². The Morgan fingerprint density at radius 3 is 2.12 bits per heavy atom. The highest BCUT2D eigenvalue weighted by Gasteiger charge is 2.37. The second-order valence-corrected chi connectivity index (χ2v) is 5.58. The van der Waals surface area contributed by atoms with Crippen molar-refractivity contribution in [2.45, 2.75) is 70.5 Å². The molecule has 2 rings (SSSR count). The number of likely N-dealkylation sites (tertiary alicyclic amines) is 1. The van der Waals surface area contributed by atoms with E-state index in [2.05, 4.69) is 18.7 Å². The summed E-state index contributed by atoms with van der Waals surface area (Å²) in [6.07, 6.45) is 6.69. The highest BCUT2D eigenvalue weighted by molar-refractivity contribution is 5.80. The van der Waals surface area contributed by atoms with Crippen molar-refractivity contribution in [3.63, 3.8) is 0 Å². The van der Waals surface area contributed by atoms with Gasteiger partial charge in [-0.3, -0.25) is 4.79 Å². The monoisotopic (exact) mass is 224 g/mol. The largest absolute Gasteiger partial charge is 0.337 e. The van der Waals surface area contributed by atoms with Crippen molar-refractivity contribution in [2.75, 3.05) is 0 Å². The minimum absolute atomic E-state index is 0.1000. The van der Waals surface area contributed by atoms with E-state index in [1.807, 2.05) is 0 Å². The Morgan fingerprint density at radius 2 is 1.62 bits per heavy atom. The van der Waals surface area contributed by atoms with Crippen LogP contribution in [0.1, 0.15) is 52.4 Å². The van der Waals surface area contributed by atoms with Gasteiger partial charge in [-0.2, -0.15) is 0 Å². The molecule has 2 aliphatic rings. The van der Waals surface area contributed by atoms with Gasteiger partial charge in [-0.05, 0) is 46.0 Å². The molecular weight excluding hydrogens is 200 g/mol. The van der Waals surface area contributed by atoms with Gasteiger partial charge in [0.25, 0.3) is 0 Å². The lowest BCUT2D eigenvalue weighted by atomic mass is 9.93. The molecule has 3 nitrogen and oxygen atoms in total. The quantitative estimate of drug-likeness (QED) is 0.739. The maximum Gasteiger partial charge on any atom is 0.227 e. The molecule has 1 amide bonds. The Bertz CT molecular complexity index is 257. The summed E-state index contributed by atoms with van der Waals surface area (Å²) in [7, 11) is 0. The van der Waals surface area contributed by atoms with Crippen molar-refractivity contribution < 1.29 is 4.79 Å². The third-order valence-corrected chi connectivity index (χ3v) is 4.33. The van der Waals surface area contributed by atoms with Crippen LogP contribution < -0.4 is 5.73 Å². The molecule has 1 saturated carbocycles. The predicted molar refractivity (Wildman–Crippen MR) is 64.9 cm³/mol. The molecule has 1 aliphatic heterocycles. The molecule has 4 atom stereocenters. The fourth-order valence-electron chi connectivity index (χ4n) is 3.34. The lowest BCUT2D eigenvalue weighted by Gasteiger charge is -2.41. The van der Waals surface area contributed by atoms with Crippen molar-refractivity contribution in [2.24, 2.45) is 11.7 Å². The summed E-state index contributed by atoms with van der Waals surface area (Å²) >= 11 is 0. The van der Waals surface area contributed by atoms with Gasteiger partial charge >= 0.3 is 0 Å². The maximum absolute atomic E-state index is 12.5. The zero-order chi connectivity index (χ0) is 11.7. The van der Waals surface area contributed by atoms with Gasteiger partial charge in [0.05, 0.1) is 5.92 Å². The molecule has 2 N–H and O–H groups in total. The predicted octanol–water partition coefficient (Wildman–Crippen LogP) is 1.90. The first-order valence-electron chi connectivity index (χ1n) is 6.69. The Balaban J connectivity index is 2.07. The third kappa shape index (κ3) is 2.10. The SMILES string of the molecule is C[C@@H]1CCC[C@H](C)N1C(=O)C1CCCC1N. The molecule has 0 bridgehead atoms. The van der Waals surface area contributed by atoms with E-state index in [1.54, 1.807) is 0 Å². The molecule has 0 aromatic heterocycles. The molecule has 1 aliphatic carbocycles. The molecule has 3 heteroatoms. The molecule has 2 fully saturated rings. The summed E-state index contributed by atoms with van der Waals surface area (Å²) in [5.41, 5.74) is 6.03. The first-order valence-corrected chi connectivity index (χ1v) is 6.69. The Hall–Kier alpha value is -0.570. The Labute approximate surface area is 98.4 Å². The fraction of sp³-hybridized carbons (Fsp3) is 0.923. The number of piperidine rings is 1. The van der Waals surface area contributed by atoms with E-state index in [1.165, 1.54) is 6.42 Å². The van der Waals surface area contributed by atoms with E-state index in [-0.39, 0.29) is 12.0 Å². The molecular formula is C13H24N2O. The third-order valence-electron chi connectivity index (χ3n) is 4.33.